The molecule has 1 aliphatic carbocycles. The van der Waals surface area contributed by atoms with Crippen molar-refractivity contribution < 1.29 is 19.1 Å². The Bertz CT molecular complexity index is 306. The van der Waals surface area contributed by atoms with Gasteiger partial charge in [-0.05, 0) is 44.4 Å². The molecule has 0 aromatic carbocycles. The molecule has 0 atom stereocenters. The molecule has 0 amide bonds. The summed E-state index contributed by atoms with van der Waals surface area (Å²) in [7, 11) is 0. The van der Waals surface area contributed by atoms with E-state index in [1.807, 2.05) is 0 Å². The monoisotopic (exact) mass is 298 g/mol. The predicted molar refractivity (Wildman–Crippen MR) is 81.8 cm³/mol. The van der Waals surface area contributed by atoms with Gasteiger partial charge in [-0.3, -0.25) is 9.59 Å². The molecular formula is C17H30O4. The molecule has 4 nitrogen and oxygen atoms in total. The number of carbonyl (C=O) groups excluding carboxylic acids is 2. The molecule has 0 saturated heterocycles. The van der Waals surface area contributed by atoms with Crippen LogP contribution in [0, 0.1) is 11.8 Å². The van der Waals surface area contributed by atoms with E-state index in [9.17, 15) is 9.59 Å². The van der Waals surface area contributed by atoms with Crippen LogP contribution in [0.25, 0.3) is 0 Å². The van der Waals surface area contributed by atoms with Crippen LogP contribution in [-0.2, 0) is 19.1 Å². The van der Waals surface area contributed by atoms with Crippen molar-refractivity contribution in [3.05, 3.63) is 0 Å². The molecule has 0 radical (unpaired) electrons. The van der Waals surface area contributed by atoms with Gasteiger partial charge in [-0.15, -0.1) is 0 Å². The van der Waals surface area contributed by atoms with E-state index in [2.05, 4.69) is 6.92 Å². The van der Waals surface area contributed by atoms with Gasteiger partial charge in [0, 0.05) is 6.92 Å². The summed E-state index contributed by atoms with van der Waals surface area (Å²) >= 11 is 0. The van der Waals surface area contributed by atoms with Crippen molar-refractivity contribution in [3.63, 3.8) is 0 Å². The molecule has 21 heavy (non-hydrogen) atoms. The van der Waals surface area contributed by atoms with Crippen LogP contribution in [0.1, 0.15) is 71.6 Å². The standard InChI is InChI=1S/C17H30O4/c1-3-4-7-15-8-10-16(11-9-15)17(19)21-13-6-5-12-20-14(2)18/h15-16H,3-13H2,1-2H3. The van der Waals surface area contributed by atoms with Crippen molar-refractivity contribution in [2.75, 3.05) is 13.2 Å². The number of hydrogen-bond acceptors (Lipinski definition) is 4. The van der Waals surface area contributed by atoms with Crippen LogP contribution in [0.2, 0.25) is 0 Å². The summed E-state index contributed by atoms with van der Waals surface area (Å²) in [6, 6.07) is 0. The third-order valence-electron chi connectivity index (χ3n) is 4.23. The molecule has 1 saturated carbocycles. The van der Waals surface area contributed by atoms with Crippen LogP contribution < -0.4 is 0 Å². The third kappa shape index (κ3) is 8.08. The van der Waals surface area contributed by atoms with Gasteiger partial charge in [0.05, 0.1) is 19.1 Å². The highest BCUT2D eigenvalue weighted by atomic mass is 16.5. The summed E-state index contributed by atoms with van der Waals surface area (Å²) in [6.07, 6.45) is 9.70. The van der Waals surface area contributed by atoms with Crippen LogP contribution in [0.15, 0.2) is 0 Å². The van der Waals surface area contributed by atoms with E-state index in [1.54, 1.807) is 0 Å². The van der Waals surface area contributed by atoms with Crippen molar-refractivity contribution in [3.8, 4) is 0 Å². The van der Waals surface area contributed by atoms with Crippen molar-refractivity contribution in [1.82, 2.24) is 0 Å². The normalized spacial score (nSPS) is 21.8. The lowest BCUT2D eigenvalue weighted by atomic mass is 9.80. The van der Waals surface area contributed by atoms with E-state index >= 15 is 0 Å². The lowest BCUT2D eigenvalue weighted by Gasteiger charge is -2.27. The molecule has 0 aromatic rings. The maximum absolute atomic E-state index is 12.0. The van der Waals surface area contributed by atoms with Gasteiger partial charge in [-0.25, -0.2) is 0 Å². The first kappa shape index (κ1) is 18.0. The number of ether oxygens (including phenoxy) is 2. The number of unbranched alkanes of at least 4 members (excludes halogenated alkanes) is 2. The van der Waals surface area contributed by atoms with E-state index in [1.165, 1.54) is 39.0 Å². The number of esters is 2. The molecule has 1 rings (SSSR count). The molecule has 1 fully saturated rings. The average molecular weight is 298 g/mol. The summed E-state index contributed by atoms with van der Waals surface area (Å²) < 4.78 is 10.2. The Morgan fingerprint density at radius 1 is 0.952 bits per heavy atom. The second-order valence-corrected chi connectivity index (χ2v) is 6.07. The van der Waals surface area contributed by atoms with Crippen LogP contribution in [0.3, 0.4) is 0 Å². The zero-order valence-corrected chi connectivity index (χ0v) is 13.6. The highest BCUT2D eigenvalue weighted by Gasteiger charge is 2.26. The van der Waals surface area contributed by atoms with Gasteiger partial charge in [-0.1, -0.05) is 26.2 Å². The zero-order valence-electron chi connectivity index (χ0n) is 13.6. The number of rotatable bonds is 9. The topological polar surface area (TPSA) is 52.6 Å². The number of carbonyl (C=O) groups is 2. The molecule has 0 heterocycles. The van der Waals surface area contributed by atoms with Crippen molar-refractivity contribution in [2.24, 2.45) is 11.8 Å². The smallest absolute Gasteiger partial charge is 0.308 e. The summed E-state index contributed by atoms with van der Waals surface area (Å²) in [5.74, 6) is 0.636. The molecule has 0 bridgehead atoms. The Balaban J connectivity index is 2.04. The van der Waals surface area contributed by atoms with Gasteiger partial charge in [0.25, 0.3) is 0 Å². The largest absolute Gasteiger partial charge is 0.466 e. The fourth-order valence-electron chi connectivity index (χ4n) is 2.89. The van der Waals surface area contributed by atoms with Crippen molar-refractivity contribution >= 4 is 11.9 Å². The van der Waals surface area contributed by atoms with E-state index in [0.717, 1.165) is 31.6 Å². The predicted octanol–water partition coefficient (Wildman–Crippen LogP) is 3.87. The SMILES string of the molecule is CCCCC1CCC(C(=O)OCCCCOC(C)=O)CC1. The number of hydrogen-bond donors (Lipinski definition) is 0. The van der Waals surface area contributed by atoms with E-state index < -0.39 is 0 Å². The molecular weight excluding hydrogens is 268 g/mol. The Hall–Kier alpha value is -1.06. The first-order valence-corrected chi connectivity index (χ1v) is 8.43. The first-order chi connectivity index (χ1) is 10.1. The Kier molecular flexibility index (Phi) is 9.11. The fraction of sp³-hybridized carbons (Fsp3) is 0.882. The van der Waals surface area contributed by atoms with Gasteiger partial charge in [0.1, 0.15) is 0 Å². The van der Waals surface area contributed by atoms with E-state index in [4.69, 9.17) is 9.47 Å². The lowest BCUT2D eigenvalue weighted by Crippen LogP contribution is -2.24. The van der Waals surface area contributed by atoms with Crippen LogP contribution in [0.5, 0.6) is 0 Å². The second-order valence-electron chi connectivity index (χ2n) is 6.07. The average Bonchev–Trinajstić information content (AvgIpc) is 2.48. The van der Waals surface area contributed by atoms with Gasteiger partial charge >= 0.3 is 11.9 Å². The third-order valence-corrected chi connectivity index (χ3v) is 4.23. The summed E-state index contributed by atoms with van der Waals surface area (Å²) in [5.41, 5.74) is 0. The first-order valence-electron chi connectivity index (χ1n) is 8.43. The van der Waals surface area contributed by atoms with Crippen LogP contribution >= 0.6 is 0 Å². The molecule has 0 aliphatic heterocycles. The molecule has 122 valence electrons. The zero-order chi connectivity index (χ0) is 15.5. The molecule has 0 aromatic heterocycles. The summed E-state index contributed by atoms with van der Waals surface area (Å²) in [6.45, 7) is 4.48. The van der Waals surface area contributed by atoms with Crippen LogP contribution in [-0.4, -0.2) is 25.2 Å². The van der Waals surface area contributed by atoms with Gasteiger partial charge in [0.2, 0.25) is 0 Å². The fourth-order valence-corrected chi connectivity index (χ4v) is 2.89. The van der Waals surface area contributed by atoms with Crippen molar-refractivity contribution in [1.29, 1.82) is 0 Å². The summed E-state index contributed by atoms with van der Waals surface area (Å²) in [4.78, 5) is 22.5. The molecule has 0 spiro atoms. The second kappa shape index (κ2) is 10.6. The summed E-state index contributed by atoms with van der Waals surface area (Å²) in [5, 5.41) is 0. The molecule has 0 unspecified atom stereocenters. The van der Waals surface area contributed by atoms with Gasteiger partial charge < -0.3 is 9.47 Å². The highest BCUT2D eigenvalue weighted by molar-refractivity contribution is 5.72. The molecule has 4 heteroatoms. The lowest BCUT2D eigenvalue weighted by molar-refractivity contribution is -0.150. The minimum Gasteiger partial charge on any atom is -0.466 e. The Morgan fingerprint density at radius 3 is 2.14 bits per heavy atom. The maximum Gasteiger partial charge on any atom is 0.308 e. The van der Waals surface area contributed by atoms with Crippen molar-refractivity contribution in [2.45, 2.75) is 71.6 Å². The highest BCUT2D eigenvalue weighted by Crippen LogP contribution is 2.32. The van der Waals surface area contributed by atoms with E-state index in [-0.39, 0.29) is 17.9 Å². The quantitative estimate of drug-likeness (QED) is 0.479. The minimum atomic E-state index is -0.258. The minimum absolute atomic E-state index is 0.0311. The maximum atomic E-state index is 12.0. The Morgan fingerprint density at radius 2 is 1.57 bits per heavy atom. The van der Waals surface area contributed by atoms with Gasteiger partial charge in [0.15, 0.2) is 0 Å². The van der Waals surface area contributed by atoms with Gasteiger partial charge in [-0.2, -0.15) is 0 Å². The van der Waals surface area contributed by atoms with Crippen LogP contribution in [0.4, 0.5) is 0 Å². The van der Waals surface area contributed by atoms with E-state index in [0.29, 0.717) is 13.2 Å². The molecule has 0 N–H and O–H groups in total. The molecule has 1 aliphatic rings. The Labute approximate surface area is 128 Å².